The number of anilines is 1. The van der Waals surface area contributed by atoms with Crippen molar-refractivity contribution in [2.45, 2.75) is 32.5 Å². The molecule has 39 heavy (non-hydrogen) atoms. The van der Waals surface area contributed by atoms with Gasteiger partial charge in [-0.2, -0.15) is 13.2 Å². The highest BCUT2D eigenvalue weighted by Gasteiger charge is 2.37. The largest absolute Gasteiger partial charge is 0.418 e. The van der Waals surface area contributed by atoms with Gasteiger partial charge in [0.15, 0.2) is 5.83 Å². The molecule has 0 saturated carbocycles. The summed E-state index contributed by atoms with van der Waals surface area (Å²) >= 11 is 0. The lowest BCUT2D eigenvalue weighted by atomic mass is 9.96. The van der Waals surface area contributed by atoms with Crippen LogP contribution in [0, 0.1) is 5.82 Å². The first kappa shape index (κ1) is 30.3. The fraction of sp³-hybridized carbons (Fsp3) is 0.400. The second kappa shape index (κ2) is 11.5. The van der Waals surface area contributed by atoms with Gasteiger partial charge in [-0.15, -0.1) is 0 Å². The second-order valence-electron chi connectivity index (χ2n) is 9.11. The lowest BCUT2D eigenvalue weighted by Gasteiger charge is -2.32. The summed E-state index contributed by atoms with van der Waals surface area (Å²) in [6, 6.07) is 0.915. The Morgan fingerprint density at radius 2 is 1.82 bits per heavy atom. The van der Waals surface area contributed by atoms with E-state index in [2.05, 4.69) is 10.0 Å². The van der Waals surface area contributed by atoms with Gasteiger partial charge in [0.25, 0.3) is 5.91 Å². The topological polar surface area (TPSA) is 81.8 Å². The van der Waals surface area contributed by atoms with E-state index in [1.807, 2.05) is 0 Å². The van der Waals surface area contributed by atoms with Gasteiger partial charge < -0.3 is 10.2 Å². The minimum atomic E-state index is -4.90. The van der Waals surface area contributed by atoms with Crippen molar-refractivity contribution in [3.8, 4) is 0 Å². The van der Waals surface area contributed by atoms with E-state index in [-0.39, 0.29) is 48.6 Å². The van der Waals surface area contributed by atoms with Crippen LogP contribution in [0.1, 0.15) is 25.8 Å². The van der Waals surface area contributed by atoms with E-state index in [0.29, 0.717) is 6.07 Å². The maximum atomic E-state index is 16.3. The van der Waals surface area contributed by atoms with Crippen LogP contribution in [0.4, 0.5) is 32.0 Å². The number of nitrogens with one attached hydrogen (secondary N) is 2. The number of sulfonamides is 1. The number of alkyl halides is 3. The van der Waals surface area contributed by atoms with Crippen LogP contribution < -0.4 is 10.0 Å². The standard InChI is InChI=1S/C25H28F6N4O3S/c1-5-35(9-8-32-39(4,37)38)23-22(28)19-11-15(24(36)34(23)3)10-17(27)12-18(19)14(2)33-21-7-6-16(26)13-20(21)25(29,30)31/h6-7,10,12-14,32-33H,5,8-9,11H2,1-4H3/t14-/m1/s1. The van der Waals surface area contributed by atoms with E-state index in [1.165, 1.54) is 18.9 Å². The van der Waals surface area contributed by atoms with Crippen molar-refractivity contribution >= 4 is 21.6 Å². The molecule has 0 unspecified atom stereocenters. The van der Waals surface area contributed by atoms with E-state index < -0.39 is 56.9 Å². The first-order chi connectivity index (χ1) is 18.0. The fourth-order valence-electron chi connectivity index (χ4n) is 4.43. The van der Waals surface area contributed by atoms with Crippen molar-refractivity contribution in [1.29, 1.82) is 0 Å². The van der Waals surface area contributed by atoms with E-state index in [9.17, 15) is 35.2 Å². The van der Waals surface area contributed by atoms with Crippen molar-refractivity contribution in [2.75, 3.05) is 38.3 Å². The number of fused-ring (bicyclic) bond motifs is 2. The quantitative estimate of drug-likeness (QED) is 0.419. The van der Waals surface area contributed by atoms with Crippen molar-refractivity contribution in [1.82, 2.24) is 14.5 Å². The summed E-state index contributed by atoms with van der Waals surface area (Å²) < 4.78 is 111. The zero-order chi connectivity index (χ0) is 29.3. The molecule has 1 aromatic rings. The van der Waals surface area contributed by atoms with Gasteiger partial charge in [-0.25, -0.2) is 26.3 Å². The number of hydrogen-bond donors (Lipinski definition) is 2. The third kappa shape index (κ3) is 7.04. The average molecular weight is 579 g/mol. The fourth-order valence-corrected chi connectivity index (χ4v) is 4.89. The van der Waals surface area contributed by atoms with Crippen LogP contribution in [0.2, 0.25) is 0 Å². The van der Waals surface area contributed by atoms with Crippen molar-refractivity contribution in [3.63, 3.8) is 0 Å². The van der Waals surface area contributed by atoms with Gasteiger partial charge in [0, 0.05) is 56.0 Å². The Kier molecular flexibility index (Phi) is 8.90. The highest BCUT2D eigenvalue weighted by molar-refractivity contribution is 7.88. The molecule has 1 amide bonds. The first-order valence-corrected chi connectivity index (χ1v) is 13.7. The summed E-state index contributed by atoms with van der Waals surface area (Å²) in [4.78, 5) is 15.6. The van der Waals surface area contributed by atoms with Gasteiger partial charge in [-0.1, -0.05) is 0 Å². The summed E-state index contributed by atoms with van der Waals surface area (Å²) in [6.45, 7) is 3.09. The minimum absolute atomic E-state index is 0.0197. The number of amides is 1. The number of carbonyl (C=O) groups is 1. The number of carbonyl (C=O) groups excluding carboxylic acids is 1. The molecule has 0 aromatic heterocycles. The van der Waals surface area contributed by atoms with Crippen LogP contribution in [0.3, 0.4) is 0 Å². The number of halogens is 6. The molecule has 1 atom stereocenters. The average Bonchev–Trinajstić information content (AvgIpc) is 3.05. The monoisotopic (exact) mass is 578 g/mol. The third-order valence-corrected chi connectivity index (χ3v) is 6.96. The van der Waals surface area contributed by atoms with Crippen LogP contribution in [0.15, 0.2) is 64.5 Å². The Morgan fingerprint density at radius 3 is 2.41 bits per heavy atom. The Labute approximate surface area is 222 Å². The molecule has 2 aliphatic rings. The van der Waals surface area contributed by atoms with E-state index in [1.54, 1.807) is 6.92 Å². The molecule has 14 heteroatoms. The molecule has 2 bridgehead atoms. The molecule has 0 radical (unpaired) electrons. The molecule has 2 N–H and O–H groups in total. The van der Waals surface area contributed by atoms with Crippen molar-refractivity contribution < 1.29 is 39.6 Å². The Balaban J connectivity index is 2.13. The van der Waals surface area contributed by atoms with Crippen molar-refractivity contribution in [2.24, 2.45) is 0 Å². The number of nitrogens with zero attached hydrogens (tertiary/aromatic N) is 2. The first-order valence-electron chi connectivity index (χ1n) is 11.8. The Morgan fingerprint density at radius 1 is 1.15 bits per heavy atom. The van der Waals surface area contributed by atoms with Gasteiger partial charge in [-0.05, 0) is 49.8 Å². The number of hydrogen-bond acceptors (Lipinski definition) is 5. The second-order valence-corrected chi connectivity index (χ2v) is 10.9. The molecule has 1 heterocycles. The normalized spacial score (nSPS) is 17.5. The molecule has 1 aliphatic heterocycles. The molecule has 214 valence electrons. The minimum Gasteiger partial charge on any atom is -0.378 e. The highest BCUT2D eigenvalue weighted by Crippen LogP contribution is 2.40. The number of likely N-dealkylation sites (N-methyl/N-ethyl adjacent to an activating group) is 2. The van der Waals surface area contributed by atoms with Crippen LogP contribution in [-0.2, 0) is 21.0 Å². The Hall–Kier alpha value is -3.26. The lowest BCUT2D eigenvalue weighted by Crippen LogP contribution is -2.41. The zero-order valence-electron chi connectivity index (χ0n) is 21.6. The predicted octanol–water partition coefficient (Wildman–Crippen LogP) is 4.61. The van der Waals surface area contributed by atoms with Crippen molar-refractivity contribution in [3.05, 3.63) is 75.9 Å². The SMILES string of the molecule is CCN(CCNS(C)(=O)=O)C1=C(F)C2=C([C@@H](C)Nc3ccc(F)cc3C(F)(F)F)C=C(F)C=C(C2)C(=O)N1C. The van der Waals surface area contributed by atoms with Gasteiger partial charge in [0.05, 0.1) is 11.8 Å². The summed E-state index contributed by atoms with van der Waals surface area (Å²) in [7, 11) is -2.25. The van der Waals surface area contributed by atoms with Crippen LogP contribution >= 0.6 is 0 Å². The third-order valence-electron chi connectivity index (χ3n) is 6.23. The Bertz CT molecular complexity index is 1380. The summed E-state index contributed by atoms with van der Waals surface area (Å²) in [5, 5.41) is 2.58. The molecule has 0 fully saturated rings. The zero-order valence-corrected chi connectivity index (χ0v) is 22.4. The molecule has 0 spiro atoms. The maximum absolute atomic E-state index is 16.3. The summed E-state index contributed by atoms with van der Waals surface area (Å²) in [5.41, 5.74) is -2.06. The van der Waals surface area contributed by atoms with E-state index >= 15 is 4.39 Å². The van der Waals surface area contributed by atoms with Crippen LogP contribution in [-0.4, -0.2) is 63.1 Å². The molecular weight excluding hydrogens is 550 g/mol. The van der Waals surface area contributed by atoms with Gasteiger partial charge in [0.2, 0.25) is 10.0 Å². The van der Waals surface area contributed by atoms with Crippen LogP contribution in [0.5, 0.6) is 0 Å². The number of rotatable bonds is 9. The van der Waals surface area contributed by atoms with E-state index in [0.717, 1.165) is 35.4 Å². The lowest BCUT2D eigenvalue weighted by molar-refractivity contribution is -0.137. The molecule has 3 rings (SSSR count). The molecular formula is C25H28F6N4O3S. The highest BCUT2D eigenvalue weighted by atomic mass is 32.2. The van der Waals surface area contributed by atoms with Gasteiger partial charge >= 0.3 is 6.18 Å². The predicted molar refractivity (Wildman–Crippen MR) is 134 cm³/mol. The summed E-state index contributed by atoms with van der Waals surface area (Å²) in [5.74, 6) is -3.82. The summed E-state index contributed by atoms with van der Waals surface area (Å²) in [6.07, 6.45) is -2.41. The van der Waals surface area contributed by atoms with Gasteiger partial charge in [-0.3, -0.25) is 9.69 Å². The number of benzene rings is 1. The molecule has 1 aliphatic carbocycles. The molecule has 1 aromatic carbocycles. The smallest absolute Gasteiger partial charge is 0.378 e. The number of allylic oxidation sites excluding steroid dienone is 4. The van der Waals surface area contributed by atoms with Crippen LogP contribution in [0.25, 0.3) is 0 Å². The van der Waals surface area contributed by atoms with Gasteiger partial charge in [0.1, 0.15) is 17.5 Å². The molecule has 7 nitrogen and oxygen atoms in total. The maximum Gasteiger partial charge on any atom is 0.418 e. The molecule has 0 saturated heterocycles. The van der Waals surface area contributed by atoms with E-state index in [4.69, 9.17) is 0 Å².